The van der Waals surface area contributed by atoms with Crippen LogP contribution in [0.25, 0.3) is 0 Å². The van der Waals surface area contributed by atoms with Crippen molar-refractivity contribution < 1.29 is 0 Å². The predicted molar refractivity (Wildman–Crippen MR) is 50.8 cm³/mol. The minimum Gasteiger partial charge on any atom is -0.147 e. The minimum atomic E-state index is 0. The lowest BCUT2D eigenvalue weighted by Gasteiger charge is -1.89. The molecule has 0 unspecified atom stereocenters. The van der Waals surface area contributed by atoms with Crippen molar-refractivity contribution in [2.75, 3.05) is 0 Å². The van der Waals surface area contributed by atoms with E-state index in [1.807, 2.05) is 0 Å². The first-order chi connectivity index (χ1) is 4.41. The van der Waals surface area contributed by atoms with Gasteiger partial charge in [-0.1, -0.05) is 38.8 Å². The van der Waals surface area contributed by atoms with E-state index >= 15 is 0 Å². The van der Waals surface area contributed by atoms with Gasteiger partial charge in [-0.15, -0.1) is 12.4 Å². The van der Waals surface area contributed by atoms with Crippen LogP contribution in [0.15, 0.2) is 12.2 Å². The first-order valence-corrected chi connectivity index (χ1v) is 4.06. The van der Waals surface area contributed by atoms with E-state index < -0.39 is 0 Å². The molecule has 0 amide bonds. The lowest BCUT2D eigenvalue weighted by molar-refractivity contribution is 0.728. The molecule has 0 aliphatic rings. The molecule has 62 valence electrons. The largest absolute Gasteiger partial charge is 0.147 e. The second kappa shape index (κ2) is 11.8. The highest BCUT2D eigenvalue weighted by atomic mass is 35.5. The molecule has 0 rings (SSSR count). The lowest BCUT2D eigenvalue weighted by Crippen LogP contribution is -1.69. The molecule has 1 heteroatoms. The quantitative estimate of drug-likeness (QED) is 0.424. The van der Waals surface area contributed by atoms with Crippen LogP contribution < -0.4 is 0 Å². The Hall–Kier alpha value is 0.0300. The van der Waals surface area contributed by atoms with Crippen molar-refractivity contribution in [2.45, 2.75) is 46.0 Å². The smallest absolute Gasteiger partial charge is 0.0351 e. The molecule has 0 saturated carbocycles. The molecule has 0 spiro atoms. The van der Waals surface area contributed by atoms with Crippen molar-refractivity contribution in [3.63, 3.8) is 0 Å². The topological polar surface area (TPSA) is 0 Å². The first-order valence-electron chi connectivity index (χ1n) is 4.06. The number of hydrogen-bond donors (Lipinski definition) is 0. The maximum Gasteiger partial charge on any atom is -0.0351 e. The van der Waals surface area contributed by atoms with Crippen LogP contribution in [0.2, 0.25) is 0 Å². The van der Waals surface area contributed by atoms with Gasteiger partial charge in [-0.2, -0.15) is 0 Å². The van der Waals surface area contributed by atoms with E-state index in [9.17, 15) is 0 Å². The fourth-order valence-electron chi connectivity index (χ4n) is 0.797. The van der Waals surface area contributed by atoms with E-state index in [2.05, 4.69) is 26.0 Å². The van der Waals surface area contributed by atoms with E-state index in [0.29, 0.717) is 0 Å². The first kappa shape index (κ1) is 12.7. The molecular weight excluding hydrogens is 144 g/mol. The molecule has 0 aliphatic carbocycles. The predicted octanol–water partition coefficient (Wildman–Crippen LogP) is 3.95. The second-order valence-electron chi connectivity index (χ2n) is 2.38. The highest BCUT2D eigenvalue weighted by molar-refractivity contribution is 5.85. The van der Waals surface area contributed by atoms with E-state index in [1.165, 1.54) is 32.1 Å². The number of unbranched alkanes of at least 4 members (excludes halogenated alkanes) is 3. The van der Waals surface area contributed by atoms with E-state index in [0.717, 1.165) is 0 Å². The lowest BCUT2D eigenvalue weighted by atomic mass is 10.2. The van der Waals surface area contributed by atoms with Crippen molar-refractivity contribution in [1.29, 1.82) is 0 Å². The van der Waals surface area contributed by atoms with E-state index in [-0.39, 0.29) is 12.4 Å². The van der Waals surface area contributed by atoms with Crippen molar-refractivity contribution in [1.82, 2.24) is 0 Å². The van der Waals surface area contributed by atoms with Crippen molar-refractivity contribution in [2.24, 2.45) is 0 Å². The average Bonchev–Trinajstić information content (AvgIpc) is 1.89. The fraction of sp³-hybridized carbons (Fsp3) is 0.778. The van der Waals surface area contributed by atoms with Crippen LogP contribution in [0.3, 0.4) is 0 Å². The summed E-state index contributed by atoms with van der Waals surface area (Å²) >= 11 is 0. The van der Waals surface area contributed by atoms with Crippen LogP contribution in [0.4, 0.5) is 0 Å². The zero-order chi connectivity index (χ0) is 6.95. The summed E-state index contributed by atoms with van der Waals surface area (Å²) in [5.41, 5.74) is 0. The highest BCUT2D eigenvalue weighted by Gasteiger charge is 1.79. The van der Waals surface area contributed by atoms with Crippen LogP contribution in [-0.4, -0.2) is 0 Å². The summed E-state index contributed by atoms with van der Waals surface area (Å²) in [5.74, 6) is 0. The van der Waals surface area contributed by atoms with Crippen molar-refractivity contribution in [3.05, 3.63) is 12.2 Å². The Bertz CT molecular complexity index is 67.1. The summed E-state index contributed by atoms with van der Waals surface area (Å²) in [6, 6.07) is 0. The highest BCUT2D eigenvalue weighted by Crippen LogP contribution is 1.99. The summed E-state index contributed by atoms with van der Waals surface area (Å²) in [4.78, 5) is 0. The van der Waals surface area contributed by atoms with Gasteiger partial charge in [0.25, 0.3) is 0 Å². The molecule has 0 aliphatic heterocycles. The maximum atomic E-state index is 2.29. The number of allylic oxidation sites excluding steroid dienone is 2. The maximum absolute atomic E-state index is 2.29. The van der Waals surface area contributed by atoms with Gasteiger partial charge in [0, 0.05) is 0 Å². The average molecular weight is 163 g/mol. The molecule has 0 radical (unpaired) electrons. The molecule has 10 heavy (non-hydrogen) atoms. The SMILES string of the molecule is CC/C=C/CCCCC.Cl. The zero-order valence-electron chi connectivity index (χ0n) is 7.10. The van der Waals surface area contributed by atoms with Gasteiger partial charge in [-0.3, -0.25) is 0 Å². The molecular formula is C9H19Cl. The minimum absolute atomic E-state index is 0. The Morgan fingerprint density at radius 3 is 2.20 bits per heavy atom. The Morgan fingerprint density at radius 1 is 1.00 bits per heavy atom. The number of hydrogen-bond acceptors (Lipinski definition) is 0. The van der Waals surface area contributed by atoms with Gasteiger partial charge in [-0.25, -0.2) is 0 Å². The monoisotopic (exact) mass is 162 g/mol. The molecule has 0 heterocycles. The zero-order valence-corrected chi connectivity index (χ0v) is 7.91. The Labute approximate surface area is 71.1 Å². The van der Waals surface area contributed by atoms with Crippen LogP contribution in [0.5, 0.6) is 0 Å². The summed E-state index contributed by atoms with van der Waals surface area (Å²) in [6.07, 6.45) is 11.1. The Morgan fingerprint density at radius 2 is 1.70 bits per heavy atom. The molecule has 0 fully saturated rings. The third-order valence-corrected chi connectivity index (χ3v) is 1.38. The van der Waals surface area contributed by atoms with Crippen molar-refractivity contribution in [3.8, 4) is 0 Å². The third kappa shape index (κ3) is 10.9. The van der Waals surface area contributed by atoms with Gasteiger partial charge in [0.2, 0.25) is 0 Å². The molecule has 0 saturated heterocycles. The fourth-order valence-corrected chi connectivity index (χ4v) is 0.797. The Kier molecular flexibility index (Phi) is 14.9. The summed E-state index contributed by atoms with van der Waals surface area (Å²) in [7, 11) is 0. The van der Waals surface area contributed by atoms with Gasteiger partial charge in [0.1, 0.15) is 0 Å². The molecule has 0 atom stereocenters. The van der Waals surface area contributed by atoms with Crippen LogP contribution in [0, 0.1) is 0 Å². The summed E-state index contributed by atoms with van der Waals surface area (Å²) in [6.45, 7) is 4.42. The normalized spacial score (nSPS) is 9.80. The van der Waals surface area contributed by atoms with Crippen LogP contribution in [0.1, 0.15) is 46.0 Å². The second-order valence-corrected chi connectivity index (χ2v) is 2.38. The van der Waals surface area contributed by atoms with Crippen LogP contribution >= 0.6 is 12.4 Å². The molecule has 0 nitrogen and oxygen atoms in total. The van der Waals surface area contributed by atoms with Crippen molar-refractivity contribution >= 4 is 12.4 Å². The standard InChI is InChI=1S/C9H18.ClH/c1-3-5-7-9-8-6-4-2;/h5,7H,3-4,6,8-9H2,1-2H3;1H/b7-5+;. The third-order valence-electron chi connectivity index (χ3n) is 1.38. The number of halogens is 1. The molecule has 0 aromatic carbocycles. The van der Waals surface area contributed by atoms with Gasteiger partial charge in [-0.05, 0) is 19.3 Å². The number of rotatable bonds is 5. The molecule has 0 N–H and O–H groups in total. The van der Waals surface area contributed by atoms with E-state index in [1.54, 1.807) is 0 Å². The van der Waals surface area contributed by atoms with E-state index in [4.69, 9.17) is 0 Å². The van der Waals surface area contributed by atoms with Crippen LogP contribution in [-0.2, 0) is 0 Å². The molecule has 0 bridgehead atoms. The summed E-state index contributed by atoms with van der Waals surface area (Å²) in [5, 5.41) is 0. The van der Waals surface area contributed by atoms with Gasteiger partial charge >= 0.3 is 0 Å². The molecule has 0 aromatic heterocycles. The van der Waals surface area contributed by atoms with Gasteiger partial charge < -0.3 is 0 Å². The Balaban J connectivity index is 0. The summed E-state index contributed by atoms with van der Waals surface area (Å²) < 4.78 is 0. The van der Waals surface area contributed by atoms with Gasteiger partial charge in [0.05, 0.1) is 0 Å². The molecule has 0 aromatic rings. The van der Waals surface area contributed by atoms with Gasteiger partial charge in [0.15, 0.2) is 0 Å².